The van der Waals surface area contributed by atoms with Crippen molar-refractivity contribution in [3.8, 4) is 0 Å². The molecule has 17 heavy (non-hydrogen) atoms. The maximum Gasteiger partial charge on any atom is 0.382 e. The van der Waals surface area contributed by atoms with E-state index >= 15 is 0 Å². The van der Waals surface area contributed by atoms with Gasteiger partial charge in [-0.15, -0.1) is 0 Å². The third kappa shape index (κ3) is 3.09. The molecular formula is C9H6N2O6. The van der Waals surface area contributed by atoms with Crippen LogP contribution in [0.5, 0.6) is 0 Å². The Morgan fingerprint density at radius 2 is 1.94 bits per heavy atom. The summed E-state index contributed by atoms with van der Waals surface area (Å²) in [5, 5.41) is 20.6. The van der Waals surface area contributed by atoms with Crippen molar-refractivity contribution in [2.45, 2.75) is 0 Å². The van der Waals surface area contributed by atoms with Crippen molar-refractivity contribution >= 4 is 29.0 Å². The molecule has 0 radical (unpaired) electrons. The van der Waals surface area contributed by atoms with Gasteiger partial charge in [-0.05, 0) is 6.07 Å². The lowest BCUT2D eigenvalue weighted by atomic mass is 10.2. The number of nitrogens with zero attached hydrogens (tertiary/aromatic N) is 1. The molecule has 1 rings (SSSR count). The van der Waals surface area contributed by atoms with Gasteiger partial charge in [-0.3, -0.25) is 19.7 Å². The quantitative estimate of drug-likeness (QED) is 0.333. The Balaban J connectivity index is 2.86. The molecule has 0 aliphatic rings. The van der Waals surface area contributed by atoms with Crippen LogP contribution in [0, 0.1) is 10.1 Å². The van der Waals surface area contributed by atoms with Crippen LogP contribution in [0.3, 0.4) is 0 Å². The Morgan fingerprint density at radius 1 is 1.29 bits per heavy atom. The van der Waals surface area contributed by atoms with Crippen LogP contribution in [0.2, 0.25) is 0 Å². The van der Waals surface area contributed by atoms with Crippen LogP contribution in [-0.2, 0) is 14.4 Å². The molecule has 0 heterocycles. The number of benzene rings is 1. The number of carbonyl (C=O) groups is 3. The van der Waals surface area contributed by atoms with Gasteiger partial charge < -0.3 is 10.4 Å². The van der Waals surface area contributed by atoms with Crippen LogP contribution < -0.4 is 5.32 Å². The highest BCUT2D eigenvalue weighted by molar-refractivity contribution is 6.63. The Labute approximate surface area is 94.0 Å². The largest absolute Gasteiger partial charge is 0.475 e. The third-order valence-corrected chi connectivity index (χ3v) is 1.72. The number of amides is 1. The summed E-state index contributed by atoms with van der Waals surface area (Å²) in [7, 11) is 0. The van der Waals surface area contributed by atoms with Gasteiger partial charge in [0.15, 0.2) is 0 Å². The van der Waals surface area contributed by atoms with Crippen LogP contribution in [0.15, 0.2) is 24.3 Å². The Morgan fingerprint density at radius 3 is 2.47 bits per heavy atom. The van der Waals surface area contributed by atoms with E-state index in [2.05, 4.69) is 0 Å². The van der Waals surface area contributed by atoms with E-state index in [1.54, 1.807) is 0 Å². The fourth-order valence-electron chi connectivity index (χ4n) is 0.982. The van der Waals surface area contributed by atoms with Gasteiger partial charge in [-0.2, -0.15) is 0 Å². The van der Waals surface area contributed by atoms with Crippen molar-refractivity contribution in [2.75, 3.05) is 5.32 Å². The third-order valence-electron chi connectivity index (χ3n) is 1.72. The first-order valence-corrected chi connectivity index (χ1v) is 4.25. The monoisotopic (exact) mass is 238 g/mol. The van der Waals surface area contributed by atoms with Gasteiger partial charge >= 0.3 is 17.7 Å². The molecule has 0 aliphatic heterocycles. The second-order valence-electron chi connectivity index (χ2n) is 2.90. The average Bonchev–Trinajstić information content (AvgIpc) is 2.28. The standard InChI is InChI=1S/C9H6N2O6/c12-7(9(14)15)8(13)10-5-2-1-3-6(4-5)11(16)17/h1-4H,(H,10,13)(H,14,15). The van der Waals surface area contributed by atoms with E-state index in [4.69, 9.17) is 5.11 Å². The molecule has 0 fully saturated rings. The van der Waals surface area contributed by atoms with Gasteiger partial charge in [-0.25, -0.2) is 4.79 Å². The Kier molecular flexibility index (Phi) is 3.50. The van der Waals surface area contributed by atoms with E-state index in [1.165, 1.54) is 18.2 Å². The zero-order valence-electron chi connectivity index (χ0n) is 8.25. The van der Waals surface area contributed by atoms with Crippen molar-refractivity contribution in [3.05, 3.63) is 34.4 Å². The topological polar surface area (TPSA) is 127 Å². The van der Waals surface area contributed by atoms with E-state index in [9.17, 15) is 24.5 Å². The molecule has 0 aliphatic carbocycles. The van der Waals surface area contributed by atoms with Crippen molar-refractivity contribution in [1.29, 1.82) is 0 Å². The summed E-state index contributed by atoms with van der Waals surface area (Å²) in [5.41, 5.74) is -0.315. The van der Waals surface area contributed by atoms with Gasteiger partial charge in [0.25, 0.3) is 5.69 Å². The molecule has 2 N–H and O–H groups in total. The van der Waals surface area contributed by atoms with Crippen molar-refractivity contribution in [1.82, 2.24) is 0 Å². The number of non-ortho nitro benzene ring substituents is 1. The molecule has 0 spiro atoms. The highest BCUT2D eigenvalue weighted by Crippen LogP contribution is 2.16. The summed E-state index contributed by atoms with van der Waals surface area (Å²) in [5.74, 6) is -4.90. The molecule has 0 saturated carbocycles. The van der Waals surface area contributed by atoms with Gasteiger partial charge in [0.2, 0.25) is 0 Å². The summed E-state index contributed by atoms with van der Waals surface area (Å²) in [6, 6.07) is 4.78. The molecule has 1 aromatic rings. The zero-order chi connectivity index (χ0) is 13.0. The molecule has 8 nitrogen and oxygen atoms in total. The zero-order valence-corrected chi connectivity index (χ0v) is 8.25. The molecule has 0 unspecified atom stereocenters. The van der Waals surface area contributed by atoms with Crippen molar-refractivity contribution in [3.63, 3.8) is 0 Å². The first kappa shape index (κ1) is 12.3. The van der Waals surface area contributed by atoms with Crippen LogP contribution in [0.1, 0.15) is 0 Å². The number of carbonyl (C=O) groups excluding carboxylic acids is 2. The number of hydrogen-bond acceptors (Lipinski definition) is 5. The number of aliphatic carboxylic acids is 1. The van der Waals surface area contributed by atoms with Crippen LogP contribution >= 0.6 is 0 Å². The minimum absolute atomic E-state index is 0.0289. The SMILES string of the molecule is O=C(O)C(=O)C(=O)Nc1cccc([N+](=O)[O-])c1. The number of carboxylic acid groups (broad SMARTS) is 1. The Hall–Kier alpha value is -2.77. The lowest BCUT2D eigenvalue weighted by Crippen LogP contribution is -2.29. The number of nitrogens with one attached hydrogen (secondary N) is 1. The molecule has 1 amide bonds. The molecule has 0 saturated heterocycles. The highest BCUT2D eigenvalue weighted by atomic mass is 16.6. The van der Waals surface area contributed by atoms with E-state index in [0.29, 0.717) is 0 Å². The summed E-state index contributed by atoms with van der Waals surface area (Å²) >= 11 is 0. The molecular weight excluding hydrogens is 232 g/mol. The summed E-state index contributed by atoms with van der Waals surface area (Å²) in [6.07, 6.45) is 0. The first-order valence-electron chi connectivity index (χ1n) is 4.25. The number of rotatable bonds is 4. The summed E-state index contributed by atoms with van der Waals surface area (Å²) < 4.78 is 0. The minimum atomic E-state index is -1.90. The molecule has 0 aromatic heterocycles. The predicted molar refractivity (Wildman–Crippen MR) is 54.4 cm³/mol. The smallest absolute Gasteiger partial charge is 0.382 e. The van der Waals surface area contributed by atoms with Crippen LogP contribution in [-0.4, -0.2) is 27.7 Å². The second-order valence-corrected chi connectivity index (χ2v) is 2.90. The number of hydrogen-bond donors (Lipinski definition) is 2. The van der Waals surface area contributed by atoms with E-state index in [1.807, 2.05) is 5.32 Å². The molecule has 0 bridgehead atoms. The number of nitro benzene ring substituents is 1. The number of Topliss-reactive ketones (excluding diaryl/α,β-unsaturated/α-hetero) is 1. The van der Waals surface area contributed by atoms with Gasteiger partial charge in [0.05, 0.1) is 4.92 Å². The molecule has 8 heteroatoms. The first-order chi connectivity index (χ1) is 7.91. The minimum Gasteiger partial charge on any atom is -0.475 e. The van der Waals surface area contributed by atoms with E-state index in [0.717, 1.165) is 6.07 Å². The number of ketones is 1. The number of anilines is 1. The molecule has 0 atom stereocenters. The van der Waals surface area contributed by atoms with E-state index in [-0.39, 0.29) is 11.4 Å². The maximum atomic E-state index is 11.0. The molecule has 1 aromatic carbocycles. The lowest BCUT2D eigenvalue weighted by molar-refractivity contribution is -0.384. The maximum absolute atomic E-state index is 11.0. The number of nitro groups is 1. The fourth-order valence-corrected chi connectivity index (χ4v) is 0.982. The highest BCUT2D eigenvalue weighted by Gasteiger charge is 2.22. The van der Waals surface area contributed by atoms with Gasteiger partial charge in [0.1, 0.15) is 0 Å². The Bertz CT molecular complexity index is 510. The van der Waals surface area contributed by atoms with Crippen LogP contribution in [0.25, 0.3) is 0 Å². The fraction of sp³-hybridized carbons (Fsp3) is 0. The van der Waals surface area contributed by atoms with Crippen LogP contribution in [0.4, 0.5) is 11.4 Å². The van der Waals surface area contributed by atoms with Gasteiger partial charge in [0, 0.05) is 17.8 Å². The number of carboxylic acids is 1. The second kappa shape index (κ2) is 4.84. The summed E-state index contributed by atoms with van der Waals surface area (Å²) in [4.78, 5) is 41.7. The summed E-state index contributed by atoms with van der Waals surface area (Å²) in [6.45, 7) is 0. The normalized spacial score (nSPS) is 9.41. The van der Waals surface area contributed by atoms with E-state index < -0.39 is 22.6 Å². The molecule has 88 valence electrons. The van der Waals surface area contributed by atoms with Gasteiger partial charge in [-0.1, -0.05) is 6.07 Å². The van der Waals surface area contributed by atoms with Crippen molar-refractivity contribution < 1.29 is 24.4 Å². The predicted octanol–water partition coefficient (Wildman–Crippen LogP) is 0.187. The average molecular weight is 238 g/mol. The van der Waals surface area contributed by atoms with Crippen molar-refractivity contribution in [2.24, 2.45) is 0 Å². The lowest BCUT2D eigenvalue weighted by Gasteiger charge is -2.01.